The number of carbonyl (C=O) groups excluding carboxylic acids is 1. The number of hydrogen-bond acceptors (Lipinski definition) is 4. The van der Waals surface area contributed by atoms with E-state index in [1.54, 1.807) is 6.92 Å². The third-order valence-electron chi connectivity index (χ3n) is 5.88. The lowest BCUT2D eigenvalue weighted by Gasteiger charge is -2.34. The summed E-state index contributed by atoms with van der Waals surface area (Å²) in [6.45, 7) is 1.59. The van der Waals surface area contributed by atoms with Crippen molar-refractivity contribution in [3.63, 3.8) is 0 Å². The number of rotatable bonds is 8. The van der Waals surface area contributed by atoms with Crippen LogP contribution in [0.2, 0.25) is 0 Å². The number of amides is 1. The van der Waals surface area contributed by atoms with Crippen molar-refractivity contribution in [2.45, 2.75) is 63.2 Å². The van der Waals surface area contributed by atoms with E-state index >= 15 is 0 Å². The number of benzene rings is 2. The van der Waals surface area contributed by atoms with Crippen molar-refractivity contribution in [1.82, 2.24) is 10.2 Å². The van der Waals surface area contributed by atoms with Crippen LogP contribution in [0.3, 0.4) is 0 Å². The molecule has 0 spiro atoms. The number of aliphatic hydroxyl groups excluding tert-OH is 1. The number of ether oxygens (including phenoxy) is 1. The predicted octanol–water partition coefficient (Wildman–Crippen LogP) is 4.30. The summed E-state index contributed by atoms with van der Waals surface area (Å²) in [6.07, 6.45) is -5.61. The Hall–Kier alpha value is -2.58. The van der Waals surface area contributed by atoms with Crippen LogP contribution in [0.25, 0.3) is 0 Å². The van der Waals surface area contributed by atoms with Gasteiger partial charge in [-0.2, -0.15) is 13.2 Å². The fourth-order valence-corrected chi connectivity index (χ4v) is 4.11. The van der Waals surface area contributed by atoms with Gasteiger partial charge in [0, 0.05) is 12.6 Å². The number of carbonyl (C=O) groups is 1. The Kier molecular flexibility index (Phi) is 8.15. The van der Waals surface area contributed by atoms with Crippen molar-refractivity contribution >= 4 is 6.09 Å². The second-order valence-electron chi connectivity index (χ2n) is 8.25. The molecule has 174 valence electrons. The van der Waals surface area contributed by atoms with Crippen molar-refractivity contribution < 1.29 is 27.8 Å². The monoisotopic (exact) mass is 450 g/mol. The van der Waals surface area contributed by atoms with Gasteiger partial charge in [-0.3, -0.25) is 4.90 Å². The van der Waals surface area contributed by atoms with E-state index in [9.17, 15) is 23.1 Å². The van der Waals surface area contributed by atoms with Crippen LogP contribution in [0.15, 0.2) is 60.7 Å². The largest absolute Gasteiger partial charge is 0.445 e. The second kappa shape index (κ2) is 10.8. The molecule has 0 bridgehead atoms. The molecular formula is C24H29F3N2O3. The zero-order chi connectivity index (χ0) is 23.1. The minimum absolute atomic E-state index is 0.00723. The zero-order valence-corrected chi connectivity index (χ0v) is 18.0. The molecule has 0 aromatic heterocycles. The first-order chi connectivity index (χ1) is 15.2. The van der Waals surface area contributed by atoms with E-state index in [1.807, 2.05) is 60.7 Å². The van der Waals surface area contributed by atoms with Gasteiger partial charge in [-0.05, 0) is 37.3 Å². The summed E-state index contributed by atoms with van der Waals surface area (Å²) in [5.41, 5.74) is 1.66. The second-order valence-corrected chi connectivity index (χ2v) is 8.25. The molecule has 1 heterocycles. The highest BCUT2D eigenvalue weighted by molar-refractivity contribution is 5.67. The summed E-state index contributed by atoms with van der Waals surface area (Å²) in [4.78, 5) is 13.7. The number of alkyl halides is 3. The lowest BCUT2D eigenvalue weighted by atomic mass is 10.0. The van der Waals surface area contributed by atoms with E-state index in [0.717, 1.165) is 11.1 Å². The molecule has 32 heavy (non-hydrogen) atoms. The molecule has 1 amide bonds. The van der Waals surface area contributed by atoms with Crippen LogP contribution in [0, 0.1) is 0 Å². The molecule has 2 aromatic carbocycles. The molecular weight excluding hydrogens is 421 g/mol. The van der Waals surface area contributed by atoms with Gasteiger partial charge in [0.15, 0.2) is 0 Å². The normalized spacial score (nSPS) is 21.2. The smallest absolute Gasteiger partial charge is 0.407 e. The average molecular weight is 451 g/mol. The van der Waals surface area contributed by atoms with Gasteiger partial charge in [0.05, 0.1) is 12.1 Å². The van der Waals surface area contributed by atoms with Crippen LogP contribution in [-0.2, 0) is 17.8 Å². The molecule has 0 saturated carbocycles. The molecule has 8 heteroatoms. The van der Waals surface area contributed by atoms with Crippen molar-refractivity contribution in [2.75, 3.05) is 6.54 Å². The number of alkyl carbamates (subject to hydrolysis) is 1. The highest BCUT2D eigenvalue weighted by Crippen LogP contribution is 2.36. The Morgan fingerprint density at radius 3 is 2.28 bits per heavy atom. The van der Waals surface area contributed by atoms with Crippen molar-refractivity contribution in [3.8, 4) is 0 Å². The number of halogens is 3. The quantitative estimate of drug-likeness (QED) is 0.630. The van der Waals surface area contributed by atoms with E-state index in [1.165, 1.54) is 4.90 Å². The summed E-state index contributed by atoms with van der Waals surface area (Å²) in [6, 6.07) is 15.6. The number of likely N-dealkylation sites (tertiary alicyclic amines) is 1. The van der Waals surface area contributed by atoms with E-state index in [4.69, 9.17) is 4.74 Å². The van der Waals surface area contributed by atoms with E-state index in [2.05, 4.69) is 5.32 Å². The third-order valence-corrected chi connectivity index (χ3v) is 5.88. The number of aliphatic hydroxyl groups is 1. The minimum Gasteiger partial charge on any atom is -0.445 e. The Morgan fingerprint density at radius 2 is 1.69 bits per heavy atom. The Labute approximate surface area is 186 Å². The number of nitrogens with zero attached hydrogens (tertiary/aromatic N) is 1. The van der Waals surface area contributed by atoms with Gasteiger partial charge in [0.2, 0.25) is 0 Å². The molecule has 2 aromatic rings. The maximum Gasteiger partial charge on any atom is 0.407 e. The van der Waals surface area contributed by atoms with Gasteiger partial charge in [-0.1, -0.05) is 60.7 Å². The van der Waals surface area contributed by atoms with Crippen LogP contribution in [0.5, 0.6) is 0 Å². The molecule has 0 unspecified atom stereocenters. The fraction of sp³-hybridized carbons (Fsp3) is 0.458. The Bertz CT molecular complexity index is 849. The maximum atomic E-state index is 13.4. The Morgan fingerprint density at radius 1 is 1.09 bits per heavy atom. The minimum atomic E-state index is -4.36. The predicted molar refractivity (Wildman–Crippen MR) is 115 cm³/mol. The number of β-amino-alcohol motifs (C(OH)–C–C–N with tert-alkyl or cyclic N) is 1. The van der Waals surface area contributed by atoms with Crippen LogP contribution in [0.1, 0.15) is 30.9 Å². The standard InChI is InChI=1S/C24H29F3N2O3/c1-17-12-13-22(24(25,26)27)29(17)15-21(30)20(14-18-8-4-2-5-9-18)28-23(31)32-16-19-10-6-3-7-11-19/h2-11,17,20-22,30H,12-16H2,1H3,(H,28,31)/t17-,20-,21+,22+/m0/s1. The first-order valence-electron chi connectivity index (χ1n) is 10.8. The number of nitrogens with one attached hydrogen (secondary N) is 1. The third kappa shape index (κ3) is 6.71. The molecule has 5 nitrogen and oxygen atoms in total. The summed E-state index contributed by atoms with van der Waals surface area (Å²) in [5, 5.41) is 13.5. The van der Waals surface area contributed by atoms with Crippen LogP contribution in [0.4, 0.5) is 18.0 Å². The summed E-state index contributed by atoms with van der Waals surface area (Å²) < 4.78 is 45.6. The zero-order valence-electron chi connectivity index (χ0n) is 18.0. The highest BCUT2D eigenvalue weighted by atomic mass is 19.4. The van der Waals surface area contributed by atoms with Gasteiger partial charge >= 0.3 is 12.3 Å². The van der Waals surface area contributed by atoms with E-state index in [-0.39, 0.29) is 32.0 Å². The van der Waals surface area contributed by atoms with Gasteiger partial charge in [-0.15, -0.1) is 0 Å². The first kappa shape index (κ1) is 24.1. The topological polar surface area (TPSA) is 61.8 Å². The molecule has 0 aliphatic carbocycles. The highest BCUT2D eigenvalue weighted by Gasteiger charge is 2.49. The molecule has 1 aliphatic rings. The van der Waals surface area contributed by atoms with Gasteiger partial charge < -0.3 is 15.2 Å². The van der Waals surface area contributed by atoms with Gasteiger partial charge in [-0.25, -0.2) is 4.79 Å². The lowest BCUT2D eigenvalue weighted by molar-refractivity contribution is -0.181. The molecule has 1 fully saturated rings. The number of hydrogen-bond donors (Lipinski definition) is 2. The summed E-state index contributed by atoms with van der Waals surface area (Å²) in [7, 11) is 0. The fourth-order valence-electron chi connectivity index (χ4n) is 4.11. The van der Waals surface area contributed by atoms with Crippen molar-refractivity contribution in [1.29, 1.82) is 0 Å². The summed E-state index contributed by atoms with van der Waals surface area (Å²) >= 11 is 0. The molecule has 2 N–H and O–H groups in total. The lowest BCUT2D eigenvalue weighted by Crippen LogP contribution is -2.53. The molecule has 3 rings (SSSR count). The molecule has 1 aliphatic heterocycles. The Balaban J connectivity index is 1.68. The SMILES string of the molecule is C[C@H]1CC[C@H](C(F)(F)F)N1C[C@@H](O)[C@H](Cc1ccccc1)NC(=O)OCc1ccccc1. The van der Waals surface area contributed by atoms with Crippen LogP contribution < -0.4 is 5.32 Å². The summed E-state index contributed by atoms with van der Waals surface area (Å²) in [5.74, 6) is 0. The van der Waals surface area contributed by atoms with Gasteiger partial charge in [0.25, 0.3) is 0 Å². The van der Waals surface area contributed by atoms with Gasteiger partial charge in [0.1, 0.15) is 12.6 Å². The van der Waals surface area contributed by atoms with Crippen LogP contribution in [-0.4, -0.2) is 53.1 Å². The van der Waals surface area contributed by atoms with Crippen molar-refractivity contribution in [3.05, 3.63) is 71.8 Å². The molecule has 0 radical (unpaired) electrons. The van der Waals surface area contributed by atoms with E-state index in [0.29, 0.717) is 6.42 Å². The molecule has 4 atom stereocenters. The maximum absolute atomic E-state index is 13.4. The molecule has 1 saturated heterocycles. The van der Waals surface area contributed by atoms with Crippen LogP contribution >= 0.6 is 0 Å². The first-order valence-corrected chi connectivity index (χ1v) is 10.8. The average Bonchev–Trinajstić information content (AvgIpc) is 3.14. The van der Waals surface area contributed by atoms with Crippen molar-refractivity contribution in [2.24, 2.45) is 0 Å². The van der Waals surface area contributed by atoms with E-state index < -0.39 is 30.5 Å².